The minimum Gasteiger partial charge on any atom is -0.357 e. The minimum absolute atomic E-state index is 0.0768. The lowest BCUT2D eigenvalue weighted by Crippen LogP contribution is -2.22. The Kier molecular flexibility index (Phi) is 3.80. The molecule has 0 aromatic carbocycles. The Labute approximate surface area is 116 Å². The molecule has 1 aromatic heterocycles. The van der Waals surface area contributed by atoms with Gasteiger partial charge < -0.3 is 5.32 Å². The molecule has 8 nitrogen and oxygen atoms in total. The van der Waals surface area contributed by atoms with Crippen LogP contribution in [0, 0.1) is 10.1 Å². The van der Waals surface area contributed by atoms with Crippen LogP contribution in [-0.4, -0.2) is 34.9 Å². The lowest BCUT2D eigenvalue weighted by molar-refractivity contribution is -0.384. The van der Waals surface area contributed by atoms with E-state index in [9.17, 15) is 18.5 Å². The molecule has 0 amide bonds. The molecule has 1 unspecified atom stereocenters. The third-order valence-electron chi connectivity index (χ3n) is 3.01. The smallest absolute Gasteiger partial charge is 0.334 e. The molecule has 110 valence electrons. The number of nitrogens with zero attached hydrogens (tertiary/aromatic N) is 3. The molecule has 2 rings (SSSR count). The predicted octanol–water partition coefficient (Wildman–Crippen LogP) is 1.00. The minimum atomic E-state index is -3.21. The summed E-state index contributed by atoms with van der Waals surface area (Å²) >= 11 is 0. The SMILES string of the molecule is CCCc1nn(C)c(NC2C=CS(=O)(=O)C2)c1[N+](=O)[O-]. The van der Waals surface area contributed by atoms with Crippen LogP contribution in [0.25, 0.3) is 0 Å². The van der Waals surface area contributed by atoms with Gasteiger partial charge in [0.1, 0.15) is 5.69 Å². The monoisotopic (exact) mass is 300 g/mol. The third kappa shape index (κ3) is 2.82. The molecule has 1 aliphatic rings. The van der Waals surface area contributed by atoms with Gasteiger partial charge in [-0.3, -0.25) is 10.1 Å². The van der Waals surface area contributed by atoms with E-state index in [0.29, 0.717) is 12.1 Å². The first-order valence-corrected chi connectivity index (χ1v) is 7.93. The fourth-order valence-corrected chi connectivity index (χ4v) is 3.40. The molecule has 0 saturated carbocycles. The lowest BCUT2D eigenvalue weighted by Gasteiger charge is -2.10. The van der Waals surface area contributed by atoms with Crippen molar-refractivity contribution in [1.29, 1.82) is 0 Å². The van der Waals surface area contributed by atoms with E-state index in [0.717, 1.165) is 11.8 Å². The number of aromatic nitrogens is 2. The van der Waals surface area contributed by atoms with Crippen molar-refractivity contribution in [3.05, 3.63) is 27.3 Å². The van der Waals surface area contributed by atoms with Crippen LogP contribution >= 0.6 is 0 Å². The van der Waals surface area contributed by atoms with Crippen molar-refractivity contribution >= 4 is 21.3 Å². The van der Waals surface area contributed by atoms with Crippen molar-refractivity contribution in [3.63, 3.8) is 0 Å². The van der Waals surface area contributed by atoms with E-state index in [1.807, 2.05) is 6.92 Å². The number of aryl methyl sites for hydroxylation is 2. The highest BCUT2D eigenvalue weighted by molar-refractivity contribution is 7.94. The molecule has 20 heavy (non-hydrogen) atoms. The number of nitrogens with one attached hydrogen (secondary N) is 1. The molecule has 0 saturated heterocycles. The van der Waals surface area contributed by atoms with E-state index < -0.39 is 20.8 Å². The van der Waals surface area contributed by atoms with Crippen LogP contribution in [0.4, 0.5) is 11.5 Å². The largest absolute Gasteiger partial charge is 0.357 e. The molecule has 0 bridgehead atoms. The number of hydrogen-bond donors (Lipinski definition) is 1. The zero-order valence-corrected chi connectivity index (χ0v) is 12.1. The molecule has 1 atom stereocenters. The summed E-state index contributed by atoms with van der Waals surface area (Å²) in [6, 6.07) is -0.469. The number of nitro groups is 1. The molecule has 0 spiro atoms. The van der Waals surface area contributed by atoms with Crippen molar-refractivity contribution < 1.29 is 13.3 Å². The Morgan fingerprint density at radius 1 is 1.60 bits per heavy atom. The van der Waals surface area contributed by atoms with Crippen LogP contribution in [0.5, 0.6) is 0 Å². The van der Waals surface area contributed by atoms with Crippen molar-refractivity contribution in [2.75, 3.05) is 11.1 Å². The van der Waals surface area contributed by atoms with Crippen molar-refractivity contribution in [3.8, 4) is 0 Å². The topological polar surface area (TPSA) is 107 Å². The van der Waals surface area contributed by atoms with Crippen LogP contribution in [0.2, 0.25) is 0 Å². The maximum atomic E-state index is 11.4. The molecule has 0 radical (unpaired) electrons. The molecule has 1 aliphatic heterocycles. The second-order valence-electron chi connectivity index (χ2n) is 4.68. The van der Waals surface area contributed by atoms with Gasteiger partial charge in [-0.25, -0.2) is 13.1 Å². The Bertz CT molecular complexity index is 662. The van der Waals surface area contributed by atoms with E-state index in [1.54, 1.807) is 7.05 Å². The summed E-state index contributed by atoms with van der Waals surface area (Å²) < 4.78 is 24.1. The number of hydrogen-bond acceptors (Lipinski definition) is 6. The average molecular weight is 300 g/mol. The summed E-state index contributed by atoms with van der Waals surface area (Å²) in [6.45, 7) is 1.91. The zero-order valence-electron chi connectivity index (χ0n) is 11.2. The van der Waals surface area contributed by atoms with Crippen LogP contribution in [0.3, 0.4) is 0 Å². The van der Waals surface area contributed by atoms with Crippen LogP contribution in [0.15, 0.2) is 11.5 Å². The second-order valence-corrected chi connectivity index (χ2v) is 6.61. The second kappa shape index (κ2) is 5.23. The van der Waals surface area contributed by atoms with E-state index in [1.165, 1.54) is 10.8 Å². The summed E-state index contributed by atoms with van der Waals surface area (Å²) in [6.07, 6.45) is 2.74. The highest BCUT2D eigenvalue weighted by Crippen LogP contribution is 2.30. The molecule has 0 aliphatic carbocycles. The first-order valence-electron chi connectivity index (χ1n) is 6.22. The first-order chi connectivity index (χ1) is 9.34. The van der Waals surface area contributed by atoms with Gasteiger partial charge in [0.15, 0.2) is 9.84 Å². The summed E-state index contributed by atoms with van der Waals surface area (Å²) in [4.78, 5) is 10.7. The highest BCUT2D eigenvalue weighted by atomic mass is 32.2. The Morgan fingerprint density at radius 2 is 2.30 bits per heavy atom. The predicted molar refractivity (Wildman–Crippen MR) is 74.2 cm³/mol. The van der Waals surface area contributed by atoms with Gasteiger partial charge in [0.05, 0.1) is 16.7 Å². The molecule has 1 N–H and O–H groups in total. The summed E-state index contributed by atoms with van der Waals surface area (Å²) in [5.74, 6) is 0.142. The van der Waals surface area contributed by atoms with Crippen molar-refractivity contribution in [1.82, 2.24) is 9.78 Å². The number of sulfone groups is 1. The summed E-state index contributed by atoms with van der Waals surface area (Å²) in [7, 11) is -1.61. The Balaban J connectivity index is 2.32. The van der Waals surface area contributed by atoms with Crippen LogP contribution < -0.4 is 5.32 Å². The third-order valence-corrected chi connectivity index (χ3v) is 4.41. The fourth-order valence-electron chi connectivity index (χ4n) is 2.17. The van der Waals surface area contributed by atoms with Gasteiger partial charge in [-0.15, -0.1) is 0 Å². The van der Waals surface area contributed by atoms with Gasteiger partial charge in [0.25, 0.3) is 0 Å². The van der Waals surface area contributed by atoms with Gasteiger partial charge >= 0.3 is 5.69 Å². The maximum absolute atomic E-state index is 11.4. The molecule has 0 fully saturated rings. The maximum Gasteiger partial charge on any atom is 0.334 e. The molecule has 9 heteroatoms. The van der Waals surface area contributed by atoms with Gasteiger partial charge in [-0.1, -0.05) is 13.3 Å². The lowest BCUT2D eigenvalue weighted by atomic mass is 10.2. The van der Waals surface area contributed by atoms with Crippen LogP contribution in [-0.2, 0) is 23.3 Å². The number of anilines is 1. The Morgan fingerprint density at radius 3 is 2.80 bits per heavy atom. The summed E-state index contributed by atoms with van der Waals surface area (Å²) in [5.41, 5.74) is 0.333. The molecular weight excluding hydrogens is 284 g/mol. The van der Waals surface area contributed by atoms with Gasteiger partial charge in [-0.05, 0) is 12.5 Å². The van der Waals surface area contributed by atoms with Gasteiger partial charge in [0, 0.05) is 12.5 Å². The normalized spacial score (nSPS) is 20.2. The average Bonchev–Trinajstić information content (AvgIpc) is 2.81. The van der Waals surface area contributed by atoms with E-state index in [-0.39, 0.29) is 17.3 Å². The summed E-state index contributed by atoms with van der Waals surface area (Å²) in [5, 5.41) is 19.4. The van der Waals surface area contributed by atoms with Crippen molar-refractivity contribution in [2.24, 2.45) is 7.05 Å². The molecule has 1 aromatic rings. The van der Waals surface area contributed by atoms with E-state index in [2.05, 4.69) is 10.4 Å². The van der Waals surface area contributed by atoms with Gasteiger partial charge in [0.2, 0.25) is 5.82 Å². The van der Waals surface area contributed by atoms with Gasteiger partial charge in [-0.2, -0.15) is 5.10 Å². The number of rotatable bonds is 5. The van der Waals surface area contributed by atoms with Crippen molar-refractivity contribution in [2.45, 2.75) is 25.8 Å². The first kappa shape index (κ1) is 14.5. The quantitative estimate of drug-likeness (QED) is 0.642. The standard InChI is InChI=1S/C11H16N4O4S/c1-3-4-9-10(15(16)17)11(14(2)13-9)12-8-5-6-20(18,19)7-8/h5-6,8,12H,3-4,7H2,1-2H3. The van der Waals surface area contributed by atoms with E-state index >= 15 is 0 Å². The fraction of sp³-hybridized carbons (Fsp3) is 0.545. The van der Waals surface area contributed by atoms with E-state index in [4.69, 9.17) is 0 Å². The Hall–Kier alpha value is -1.90. The van der Waals surface area contributed by atoms with Crippen LogP contribution in [0.1, 0.15) is 19.0 Å². The molecular formula is C11H16N4O4S. The highest BCUT2D eigenvalue weighted by Gasteiger charge is 2.30. The molecule has 2 heterocycles. The zero-order chi connectivity index (χ0) is 14.9.